The highest BCUT2D eigenvalue weighted by Crippen LogP contribution is 2.26. The molecule has 1 aliphatic heterocycles. The Kier molecular flexibility index (Phi) is 7.22. The van der Waals surface area contributed by atoms with Gasteiger partial charge in [0.05, 0.1) is 24.0 Å². The van der Waals surface area contributed by atoms with Crippen molar-refractivity contribution in [1.29, 1.82) is 0 Å². The second-order valence-corrected chi connectivity index (χ2v) is 6.91. The molecule has 6 N–H and O–H groups in total. The molecule has 0 aliphatic carbocycles. The van der Waals surface area contributed by atoms with Crippen molar-refractivity contribution in [3.05, 3.63) is 48.0 Å². The van der Waals surface area contributed by atoms with Crippen LogP contribution in [0.3, 0.4) is 0 Å². The molecule has 0 radical (unpaired) electrons. The lowest BCUT2D eigenvalue weighted by molar-refractivity contribution is -0.141. The summed E-state index contributed by atoms with van der Waals surface area (Å²) >= 11 is 0. The molecule has 32 heavy (non-hydrogen) atoms. The van der Waals surface area contributed by atoms with E-state index in [-0.39, 0.29) is 18.3 Å². The van der Waals surface area contributed by atoms with Crippen LogP contribution in [0.2, 0.25) is 0 Å². The lowest BCUT2D eigenvalue weighted by atomic mass is 10.0. The third-order valence-electron chi connectivity index (χ3n) is 4.61. The first kappa shape index (κ1) is 23.4. The monoisotopic (exact) mass is 454 g/mol. The number of benzene rings is 1. The maximum atomic E-state index is 12.2. The Hall–Kier alpha value is -3.29. The molecule has 10 nitrogen and oxygen atoms in total. The Bertz CT molecular complexity index is 1060. The number of aromatic nitrogens is 4. The number of anilines is 1. The molecule has 1 fully saturated rings. The fraction of sp³-hybridized carbons (Fsp3) is 0.368. The minimum atomic E-state index is -4.47. The number of nitrogens with zero attached hydrogens (tertiary/aromatic N) is 3. The number of nitrogens with two attached hydrogens (primary N) is 1. The van der Waals surface area contributed by atoms with E-state index in [1.165, 1.54) is 0 Å². The predicted molar refractivity (Wildman–Crippen MR) is 106 cm³/mol. The van der Waals surface area contributed by atoms with Gasteiger partial charge in [-0.1, -0.05) is 18.2 Å². The van der Waals surface area contributed by atoms with E-state index in [0.29, 0.717) is 24.9 Å². The summed E-state index contributed by atoms with van der Waals surface area (Å²) in [6.45, 7) is 0.488. The number of rotatable bonds is 3. The minimum Gasteiger partial charge on any atom is -0.390 e. The molecule has 13 heteroatoms. The number of ether oxygens (including phenoxy) is 1. The molecule has 0 saturated carbocycles. The number of amides is 1. The van der Waals surface area contributed by atoms with Crippen molar-refractivity contribution in [2.24, 2.45) is 0 Å². The Morgan fingerprint density at radius 1 is 1.28 bits per heavy atom. The number of aromatic amines is 1. The van der Waals surface area contributed by atoms with E-state index in [9.17, 15) is 28.2 Å². The second-order valence-electron chi connectivity index (χ2n) is 6.91. The van der Waals surface area contributed by atoms with Crippen LogP contribution in [0.25, 0.3) is 10.9 Å². The second kappa shape index (κ2) is 9.89. The van der Waals surface area contributed by atoms with Gasteiger partial charge in [0.2, 0.25) is 0 Å². The highest BCUT2D eigenvalue weighted by atomic mass is 19.4. The summed E-state index contributed by atoms with van der Waals surface area (Å²) < 4.78 is 40.8. The number of aliphatic hydroxyl groups is 2. The van der Waals surface area contributed by atoms with E-state index in [0.717, 1.165) is 17.1 Å². The Labute approximate surface area is 179 Å². The van der Waals surface area contributed by atoms with Crippen molar-refractivity contribution in [3.63, 3.8) is 0 Å². The van der Waals surface area contributed by atoms with Crippen molar-refractivity contribution in [2.75, 3.05) is 18.9 Å². The van der Waals surface area contributed by atoms with Crippen molar-refractivity contribution in [3.8, 4) is 0 Å². The Balaban J connectivity index is 0.000000222. The number of hydrogen-bond acceptors (Lipinski definition) is 8. The van der Waals surface area contributed by atoms with Crippen molar-refractivity contribution in [1.82, 2.24) is 25.5 Å². The van der Waals surface area contributed by atoms with E-state index in [2.05, 4.69) is 25.5 Å². The molecular weight excluding hydrogens is 433 g/mol. The number of halogens is 3. The summed E-state index contributed by atoms with van der Waals surface area (Å²) in [5.74, 6) is -0.580. The van der Waals surface area contributed by atoms with E-state index in [4.69, 9.17) is 10.5 Å². The zero-order valence-corrected chi connectivity index (χ0v) is 16.6. The molecule has 1 saturated heterocycles. The number of nitrogens with one attached hydrogen (secondary N) is 2. The highest BCUT2D eigenvalue weighted by Gasteiger charge is 2.33. The third kappa shape index (κ3) is 5.69. The summed E-state index contributed by atoms with van der Waals surface area (Å²) in [6.07, 6.45) is -4.81. The van der Waals surface area contributed by atoms with Crippen molar-refractivity contribution < 1.29 is 32.9 Å². The third-order valence-corrected chi connectivity index (χ3v) is 4.61. The van der Waals surface area contributed by atoms with Gasteiger partial charge in [-0.15, -0.1) is 0 Å². The van der Waals surface area contributed by atoms with E-state index in [1.807, 2.05) is 24.3 Å². The van der Waals surface area contributed by atoms with Crippen LogP contribution in [-0.2, 0) is 10.9 Å². The summed E-state index contributed by atoms with van der Waals surface area (Å²) in [4.78, 5) is 18.4. The molecule has 0 spiro atoms. The lowest BCUT2D eigenvalue weighted by Gasteiger charge is -2.31. The number of hydrogen-bond donors (Lipinski definition) is 5. The molecule has 1 amide bonds. The molecule has 2 aromatic heterocycles. The van der Waals surface area contributed by atoms with Crippen molar-refractivity contribution >= 4 is 22.6 Å². The molecular formula is C19H21F3N6O4. The molecule has 1 aromatic carbocycles. The molecule has 3 heterocycles. The lowest BCUT2D eigenvalue weighted by Crippen LogP contribution is -2.49. The zero-order chi connectivity index (χ0) is 23.3. The maximum absolute atomic E-state index is 12.2. The van der Waals surface area contributed by atoms with E-state index < -0.39 is 30.2 Å². The summed E-state index contributed by atoms with van der Waals surface area (Å²) in [5, 5.41) is 29.6. The van der Waals surface area contributed by atoms with Crippen LogP contribution < -0.4 is 11.1 Å². The Morgan fingerprint density at radius 2 is 2.03 bits per heavy atom. The summed E-state index contributed by atoms with van der Waals surface area (Å²) in [7, 11) is 0. The number of carbonyl (C=O) groups excluding carboxylic acids is 1. The van der Waals surface area contributed by atoms with E-state index in [1.54, 1.807) is 0 Å². The van der Waals surface area contributed by atoms with Crippen LogP contribution >= 0.6 is 0 Å². The first-order chi connectivity index (χ1) is 15.2. The van der Waals surface area contributed by atoms with Crippen LogP contribution in [0.5, 0.6) is 0 Å². The Morgan fingerprint density at radius 3 is 2.72 bits per heavy atom. The molecule has 3 atom stereocenters. The maximum Gasteiger partial charge on any atom is 0.434 e. The standard InChI is InChI=1S/C14H17N3O4.C5H4F3N3/c18-10-5-6-21-11(13(10)19)7-15-14(20)12-8-3-1-2-4-9(8)16-17-12;6-5(7,8)3-1-10-2-4(9)11-3/h1-4,10-11,13,18-19H,5-7H2,(H,15,20)(H,16,17);1-2H,(H2,9,11). The van der Waals surface area contributed by atoms with Gasteiger partial charge in [0, 0.05) is 18.5 Å². The number of carbonyl (C=O) groups is 1. The fourth-order valence-corrected chi connectivity index (χ4v) is 2.97. The fourth-order valence-electron chi connectivity index (χ4n) is 2.97. The number of alkyl halides is 3. The normalized spacial score (nSPS) is 21.0. The van der Waals surface area contributed by atoms with Crippen LogP contribution in [0.1, 0.15) is 22.6 Å². The summed E-state index contributed by atoms with van der Waals surface area (Å²) in [6, 6.07) is 7.34. The SMILES string of the molecule is Nc1cncc(C(F)(F)F)n1.O=C(NCC1OCCC(O)C1O)c1n[nH]c2ccccc12. The van der Waals surface area contributed by atoms with Crippen LogP contribution in [0, 0.1) is 0 Å². The minimum absolute atomic E-state index is 0.123. The molecule has 1 aliphatic rings. The van der Waals surface area contributed by atoms with Gasteiger partial charge >= 0.3 is 6.18 Å². The highest BCUT2D eigenvalue weighted by molar-refractivity contribution is 6.04. The van der Waals surface area contributed by atoms with Gasteiger partial charge in [-0.05, 0) is 12.5 Å². The molecule has 3 aromatic rings. The first-order valence-electron chi connectivity index (χ1n) is 9.50. The van der Waals surface area contributed by atoms with E-state index >= 15 is 0 Å². The molecule has 4 rings (SSSR count). The van der Waals surface area contributed by atoms with Gasteiger partial charge in [-0.3, -0.25) is 14.9 Å². The number of fused-ring (bicyclic) bond motifs is 1. The smallest absolute Gasteiger partial charge is 0.390 e. The van der Waals surface area contributed by atoms with Crippen LogP contribution in [-0.4, -0.2) is 67.7 Å². The van der Waals surface area contributed by atoms with Gasteiger partial charge in [-0.25, -0.2) is 4.98 Å². The predicted octanol–water partition coefficient (Wildman–Crippen LogP) is 0.881. The summed E-state index contributed by atoms with van der Waals surface area (Å²) in [5.41, 5.74) is 5.00. The van der Waals surface area contributed by atoms with Crippen LogP contribution in [0.15, 0.2) is 36.7 Å². The van der Waals surface area contributed by atoms with Gasteiger partial charge < -0.3 is 26.0 Å². The number of para-hydroxylation sites is 1. The molecule has 172 valence electrons. The zero-order valence-electron chi connectivity index (χ0n) is 16.6. The topological polar surface area (TPSA) is 159 Å². The van der Waals surface area contributed by atoms with Gasteiger partial charge in [0.1, 0.15) is 18.0 Å². The molecule has 3 unspecified atom stereocenters. The van der Waals surface area contributed by atoms with Gasteiger partial charge in [-0.2, -0.15) is 18.3 Å². The van der Waals surface area contributed by atoms with Crippen molar-refractivity contribution in [2.45, 2.75) is 30.9 Å². The number of aliphatic hydroxyl groups excluding tert-OH is 2. The number of nitrogen functional groups attached to an aromatic ring is 1. The van der Waals surface area contributed by atoms with Gasteiger partial charge in [0.15, 0.2) is 11.4 Å². The molecule has 0 bridgehead atoms. The average molecular weight is 454 g/mol. The van der Waals surface area contributed by atoms with Crippen LogP contribution in [0.4, 0.5) is 19.0 Å². The quantitative estimate of drug-likeness (QED) is 0.390. The average Bonchev–Trinajstić information content (AvgIpc) is 3.19. The first-order valence-corrected chi connectivity index (χ1v) is 9.50. The van der Waals surface area contributed by atoms with Gasteiger partial charge in [0.25, 0.3) is 5.91 Å². The largest absolute Gasteiger partial charge is 0.434 e. The number of H-pyrrole nitrogens is 1.